The molecule has 0 unspecified atom stereocenters. The molecule has 0 aromatic heterocycles. The fraction of sp³-hybridized carbons (Fsp3) is 0.429. The van der Waals surface area contributed by atoms with Crippen LogP contribution >= 0.6 is 0 Å². The summed E-state index contributed by atoms with van der Waals surface area (Å²) < 4.78 is 41.1. The minimum Gasteiger partial charge on any atom is -0.314 e. The van der Waals surface area contributed by atoms with Gasteiger partial charge in [0.1, 0.15) is 5.82 Å². The Morgan fingerprint density at radius 2 is 1.84 bits per heavy atom. The van der Waals surface area contributed by atoms with Gasteiger partial charge in [-0.1, -0.05) is 6.08 Å². The average molecular weight is 270 g/mol. The van der Waals surface area contributed by atoms with E-state index in [9.17, 15) is 13.2 Å². The number of halogens is 3. The molecule has 1 aromatic rings. The zero-order chi connectivity index (χ0) is 13.8. The standard InChI is InChI=1S/C14H17F3N2/c1-2-3-12(19-8-6-18-7-9-19)13-10(15)4-5-11(16)14(13)17/h2,4-5,12,18H,1,3,6-9H2/t12-/m1/s1. The van der Waals surface area contributed by atoms with Crippen LogP contribution in [0.3, 0.4) is 0 Å². The van der Waals surface area contributed by atoms with E-state index in [1.165, 1.54) is 0 Å². The van der Waals surface area contributed by atoms with Gasteiger partial charge >= 0.3 is 0 Å². The summed E-state index contributed by atoms with van der Waals surface area (Å²) >= 11 is 0. The van der Waals surface area contributed by atoms with Crippen LogP contribution in [0.4, 0.5) is 13.2 Å². The summed E-state index contributed by atoms with van der Waals surface area (Å²) in [5.41, 5.74) is -0.193. The second-order valence-corrected chi connectivity index (χ2v) is 4.58. The molecule has 0 aliphatic carbocycles. The lowest BCUT2D eigenvalue weighted by molar-refractivity contribution is 0.167. The van der Waals surface area contributed by atoms with Crippen molar-refractivity contribution in [1.82, 2.24) is 10.2 Å². The molecule has 1 fully saturated rings. The number of benzene rings is 1. The lowest BCUT2D eigenvalue weighted by Crippen LogP contribution is -2.45. The molecule has 1 N–H and O–H groups in total. The van der Waals surface area contributed by atoms with E-state index in [1.807, 2.05) is 4.90 Å². The van der Waals surface area contributed by atoms with Crippen LogP contribution < -0.4 is 5.32 Å². The highest BCUT2D eigenvalue weighted by molar-refractivity contribution is 5.25. The maximum Gasteiger partial charge on any atom is 0.166 e. The summed E-state index contributed by atoms with van der Waals surface area (Å²) in [5.74, 6) is -2.81. The Balaban J connectivity index is 2.37. The number of rotatable bonds is 4. The van der Waals surface area contributed by atoms with E-state index in [1.54, 1.807) is 6.08 Å². The molecule has 1 atom stereocenters. The summed E-state index contributed by atoms with van der Waals surface area (Å²) in [7, 11) is 0. The molecule has 2 nitrogen and oxygen atoms in total. The molecule has 5 heteroatoms. The third-order valence-corrected chi connectivity index (χ3v) is 3.39. The Labute approximate surface area is 110 Å². The molecule has 1 saturated heterocycles. The van der Waals surface area contributed by atoms with Crippen LogP contribution in [0.1, 0.15) is 18.0 Å². The van der Waals surface area contributed by atoms with Crippen molar-refractivity contribution < 1.29 is 13.2 Å². The third kappa shape index (κ3) is 2.98. The molecule has 0 saturated carbocycles. The fourth-order valence-electron chi connectivity index (χ4n) is 2.45. The molecule has 104 valence electrons. The number of hydrogen-bond acceptors (Lipinski definition) is 2. The van der Waals surface area contributed by atoms with Gasteiger partial charge in [0.05, 0.1) is 0 Å². The fourth-order valence-corrected chi connectivity index (χ4v) is 2.45. The van der Waals surface area contributed by atoms with Crippen LogP contribution in [0, 0.1) is 17.5 Å². The van der Waals surface area contributed by atoms with Crippen molar-refractivity contribution in [3.63, 3.8) is 0 Å². The normalized spacial score (nSPS) is 18.3. The largest absolute Gasteiger partial charge is 0.314 e. The highest BCUT2D eigenvalue weighted by Crippen LogP contribution is 2.30. The summed E-state index contributed by atoms with van der Waals surface area (Å²) in [6, 6.07) is 1.29. The Kier molecular flexibility index (Phi) is 4.61. The van der Waals surface area contributed by atoms with E-state index in [-0.39, 0.29) is 5.56 Å². The van der Waals surface area contributed by atoms with E-state index in [2.05, 4.69) is 11.9 Å². The van der Waals surface area contributed by atoms with Crippen molar-refractivity contribution >= 4 is 0 Å². The van der Waals surface area contributed by atoms with Gasteiger partial charge in [0.15, 0.2) is 11.6 Å². The van der Waals surface area contributed by atoms with Crippen molar-refractivity contribution in [1.29, 1.82) is 0 Å². The maximum absolute atomic E-state index is 13.9. The minimum atomic E-state index is -1.09. The number of piperazine rings is 1. The molecule has 19 heavy (non-hydrogen) atoms. The van der Waals surface area contributed by atoms with E-state index in [0.717, 1.165) is 25.2 Å². The van der Waals surface area contributed by atoms with Gasteiger partial charge in [0.2, 0.25) is 0 Å². The highest BCUT2D eigenvalue weighted by Gasteiger charge is 2.27. The Hall–Kier alpha value is -1.33. The van der Waals surface area contributed by atoms with Gasteiger partial charge in [-0.2, -0.15) is 0 Å². The first-order chi connectivity index (χ1) is 9.15. The van der Waals surface area contributed by atoms with Crippen molar-refractivity contribution in [2.45, 2.75) is 12.5 Å². The number of hydrogen-bond donors (Lipinski definition) is 1. The first kappa shape index (κ1) is 14.1. The van der Waals surface area contributed by atoms with E-state index < -0.39 is 23.5 Å². The van der Waals surface area contributed by atoms with Crippen molar-refractivity contribution in [2.24, 2.45) is 0 Å². The molecule has 1 aliphatic heterocycles. The van der Waals surface area contributed by atoms with Crippen LogP contribution in [0.15, 0.2) is 24.8 Å². The zero-order valence-corrected chi connectivity index (χ0v) is 10.6. The monoisotopic (exact) mass is 270 g/mol. The first-order valence-electron chi connectivity index (χ1n) is 6.34. The molecule has 1 aromatic carbocycles. The summed E-state index contributed by atoms with van der Waals surface area (Å²) in [4.78, 5) is 1.96. The number of nitrogens with zero attached hydrogens (tertiary/aromatic N) is 1. The van der Waals surface area contributed by atoms with Crippen molar-refractivity contribution in [3.05, 3.63) is 47.8 Å². The summed E-state index contributed by atoms with van der Waals surface area (Å²) in [6.45, 7) is 6.48. The molecule has 1 heterocycles. The van der Waals surface area contributed by atoms with E-state index >= 15 is 0 Å². The second-order valence-electron chi connectivity index (χ2n) is 4.58. The second kappa shape index (κ2) is 6.21. The van der Waals surface area contributed by atoms with Gasteiger partial charge in [0.25, 0.3) is 0 Å². The summed E-state index contributed by atoms with van der Waals surface area (Å²) in [5, 5.41) is 3.17. The predicted octanol–water partition coefficient (Wildman–Crippen LogP) is 2.63. The van der Waals surface area contributed by atoms with Gasteiger partial charge in [-0.25, -0.2) is 13.2 Å². The maximum atomic E-state index is 13.9. The topological polar surface area (TPSA) is 15.3 Å². The molecular weight excluding hydrogens is 253 g/mol. The molecule has 0 radical (unpaired) electrons. The van der Waals surface area contributed by atoms with Crippen LogP contribution in [-0.4, -0.2) is 31.1 Å². The Morgan fingerprint density at radius 3 is 2.47 bits per heavy atom. The van der Waals surface area contributed by atoms with Crippen LogP contribution in [-0.2, 0) is 0 Å². The number of nitrogens with one attached hydrogen (secondary N) is 1. The summed E-state index contributed by atoms with van der Waals surface area (Å²) in [6.07, 6.45) is 1.99. The molecule has 2 rings (SSSR count). The minimum absolute atomic E-state index is 0.193. The van der Waals surface area contributed by atoms with Gasteiger partial charge in [-0.15, -0.1) is 6.58 Å². The van der Waals surface area contributed by atoms with Crippen LogP contribution in [0.25, 0.3) is 0 Å². The molecule has 1 aliphatic rings. The van der Waals surface area contributed by atoms with E-state index in [4.69, 9.17) is 0 Å². The third-order valence-electron chi connectivity index (χ3n) is 3.39. The van der Waals surface area contributed by atoms with Crippen molar-refractivity contribution in [2.75, 3.05) is 26.2 Å². The lowest BCUT2D eigenvalue weighted by atomic mass is 9.99. The molecule has 0 bridgehead atoms. The van der Waals surface area contributed by atoms with Gasteiger partial charge in [-0.3, -0.25) is 4.90 Å². The average Bonchev–Trinajstić information content (AvgIpc) is 2.43. The predicted molar refractivity (Wildman–Crippen MR) is 68.3 cm³/mol. The van der Waals surface area contributed by atoms with Crippen molar-refractivity contribution in [3.8, 4) is 0 Å². The SMILES string of the molecule is C=CC[C@H](c1c(F)ccc(F)c1F)N1CCNCC1. The lowest BCUT2D eigenvalue weighted by Gasteiger charge is -2.35. The quantitative estimate of drug-likeness (QED) is 0.668. The van der Waals surface area contributed by atoms with Crippen LogP contribution in [0.5, 0.6) is 0 Å². The van der Waals surface area contributed by atoms with Gasteiger partial charge < -0.3 is 5.32 Å². The first-order valence-corrected chi connectivity index (χ1v) is 6.34. The highest BCUT2D eigenvalue weighted by atomic mass is 19.2. The van der Waals surface area contributed by atoms with E-state index in [0.29, 0.717) is 19.5 Å². The zero-order valence-electron chi connectivity index (χ0n) is 10.6. The van der Waals surface area contributed by atoms with Gasteiger partial charge in [0, 0.05) is 37.8 Å². The Morgan fingerprint density at radius 1 is 1.21 bits per heavy atom. The molecular formula is C14H17F3N2. The molecule has 0 amide bonds. The smallest absolute Gasteiger partial charge is 0.166 e. The Bertz CT molecular complexity index is 456. The van der Waals surface area contributed by atoms with Gasteiger partial charge in [-0.05, 0) is 18.6 Å². The van der Waals surface area contributed by atoms with Crippen LogP contribution in [0.2, 0.25) is 0 Å². The molecule has 0 spiro atoms.